The van der Waals surface area contributed by atoms with Crippen molar-refractivity contribution in [3.05, 3.63) is 42.1 Å². The number of nitrogens with zero attached hydrogens (tertiary/aromatic N) is 1. The molecule has 3 aromatic rings. The van der Waals surface area contributed by atoms with Crippen LogP contribution in [0.25, 0.3) is 22.0 Å². The number of fused-ring (bicyclic) bond motifs is 4. The third-order valence-corrected chi connectivity index (χ3v) is 4.81. The fourth-order valence-electron chi connectivity index (χ4n) is 3.56. The zero-order chi connectivity index (χ0) is 17.6. The van der Waals surface area contributed by atoms with Crippen molar-refractivity contribution in [3.8, 4) is 34.3 Å². The van der Waals surface area contributed by atoms with Gasteiger partial charge in [-0.3, -0.25) is 0 Å². The van der Waals surface area contributed by atoms with Crippen molar-refractivity contribution in [1.29, 1.82) is 0 Å². The average Bonchev–Trinajstić information content (AvgIpc) is 2.65. The molecule has 1 aliphatic rings. The largest absolute Gasteiger partial charge is 1.00 e. The van der Waals surface area contributed by atoms with Crippen molar-refractivity contribution < 1.29 is 36.3 Å². The monoisotopic (exact) mass is 373 g/mol. The van der Waals surface area contributed by atoms with E-state index >= 15 is 0 Å². The summed E-state index contributed by atoms with van der Waals surface area (Å²) < 4.78 is 18.4. The first-order chi connectivity index (χ1) is 12.2. The molecule has 0 fully saturated rings. The summed E-state index contributed by atoms with van der Waals surface area (Å²) in [5, 5.41) is 12.3. The number of aromatic nitrogens is 1. The van der Waals surface area contributed by atoms with Gasteiger partial charge in [0.15, 0.2) is 35.7 Å². The molecule has 1 N–H and O–H groups in total. The van der Waals surface area contributed by atoms with E-state index in [1.165, 1.54) is 5.56 Å². The lowest BCUT2D eigenvalue weighted by Crippen LogP contribution is -3.00. The second-order valence-electron chi connectivity index (χ2n) is 6.09. The van der Waals surface area contributed by atoms with Crippen molar-refractivity contribution in [2.45, 2.75) is 13.0 Å². The summed E-state index contributed by atoms with van der Waals surface area (Å²) in [6.07, 6.45) is 2.97. The molecule has 0 saturated heterocycles. The highest BCUT2D eigenvalue weighted by Crippen LogP contribution is 2.39. The summed E-state index contributed by atoms with van der Waals surface area (Å²) >= 11 is 0. The highest BCUT2D eigenvalue weighted by molar-refractivity contribution is 5.91. The molecular weight excluding hydrogens is 354 g/mol. The topological polar surface area (TPSA) is 51.8 Å². The lowest BCUT2D eigenvalue weighted by Gasteiger charge is -2.18. The van der Waals surface area contributed by atoms with Crippen LogP contribution in [0.1, 0.15) is 5.56 Å². The van der Waals surface area contributed by atoms with E-state index in [4.69, 9.17) is 14.2 Å². The summed E-state index contributed by atoms with van der Waals surface area (Å²) in [5.74, 6) is 2.12. The molecule has 1 aromatic heterocycles. The second-order valence-corrected chi connectivity index (χ2v) is 6.09. The van der Waals surface area contributed by atoms with Gasteiger partial charge >= 0.3 is 0 Å². The van der Waals surface area contributed by atoms with Crippen LogP contribution in [0.4, 0.5) is 0 Å². The summed E-state index contributed by atoms with van der Waals surface area (Å²) in [6.45, 7) is 0.854. The fraction of sp³-hybridized carbons (Fsp3) is 0.250. The minimum absolute atomic E-state index is 0. The quantitative estimate of drug-likeness (QED) is 0.661. The molecule has 0 atom stereocenters. The molecular formula is C20H20ClNO4. The summed E-state index contributed by atoms with van der Waals surface area (Å²) in [7, 11) is 4.86. The number of aryl methyl sites for hydroxylation is 2. The molecule has 2 heterocycles. The smallest absolute Gasteiger partial charge is 0.213 e. The Balaban J connectivity index is 0.00000196. The van der Waals surface area contributed by atoms with Crippen LogP contribution < -0.4 is 31.2 Å². The molecule has 136 valence electrons. The van der Waals surface area contributed by atoms with E-state index in [9.17, 15) is 5.11 Å². The lowest BCUT2D eigenvalue weighted by molar-refractivity contribution is -0.686. The maximum absolute atomic E-state index is 10.2. The number of aromatic hydroxyl groups is 1. The highest BCUT2D eigenvalue weighted by Gasteiger charge is 2.26. The third kappa shape index (κ3) is 2.69. The van der Waals surface area contributed by atoms with Crippen molar-refractivity contribution in [2.24, 2.45) is 0 Å². The molecule has 0 amide bonds. The Morgan fingerprint density at radius 2 is 1.73 bits per heavy atom. The van der Waals surface area contributed by atoms with Gasteiger partial charge in [0.05, 0.1) is 32.3 Å². The van der Waals surface area contributed by atoms with E-state index < -0.39 is 0 Å². The molecule has 26 heavy (non-hydrogen) atoms. The number of phenols is 1. The van der Waals surface area contributed by atoms with E-state index in [-0.39, 0.29) is 18.2 Å². The Morgan fingerprint density at radius 1 is 0.962 bits per heavy atom. The Morgan fingerprint density at radius 3 is 2.42 bits per heavy atom. The van der Waals surface area contributed by atoms with Crippen LogP contribution in [0.3, 0.4) is 0 Å². The van der Waals surface area contributed by atoms with Crippen molar-refractivity contribution in [3.63, 3.8) is 0 Å². The van der Waals surface area contributed by atoms with E-state index in [0.29, 0.717) is 11.5 Å². The Kier molecular flexibility index (Phi) is 4.83. The molecule has 5 nitrogen and oxygen atoms in total. The van der Waals surface area contributed by atoms with Crippen LogP contribution in [0.2, 0.25) is 0 Å². The van der Waals surface area contributed by atoms with Gasteiger partial charge in [-0.15, -0.1) is 0 Å². The van der Waals surface area contributed by atoms with Gasteiger partial charge in [0, 0.05) is 12.5 Å². The van der Waals surface area contributed by atoms with Gasteiger partial charge in [0.25, 0.3) is 0 Å². The van der Waals surface area contributed by atoms with Gasteiger partial charge in [-0.1, -0.05) is 0 Å². The number of pyridine rings is 1. The summed E-state index contributed by atoms with van der Waals surface area (Å²) in [4.78, 5) is 0. The summed E-state index contributed by atoms with van der Waals surface area (Å²) in [5.41, 5.74) is 3.27. The molecule has 0 bridgehead atoms. The molecule has 0 aliphatic carbocycles. The first kappa shape index (κ1) is 18.1. The van der Waals surface area contributed by atoms with Crippen LogP contribution in [-0.4, -0.2) is 26.4 Å². The third-order valence-electron chi connectivity index (χ3n) is 4.81. The molecule has 0 saturated carbocycles. The minimum atomic E-state index is 0. The number of benzene rings is 2. The van der Waals surface area contributed by atoms with Crippen LogP contribution in [0.15, 0.2) is 36.5 Å². The van der Waals surface area contributed by atoms with Crippen molar-refractivity contribution in [1.82, 2.24) is 0 Å². The zero-order valence-electron chi connectivity index (χ0n) is 14.9. The molecule has 0 spiro atoms. The molecule has 0 unspecified atom stereocenters. The average molecular weight is 374 g/mol. The normalized spacial score (nSPS) is 12.0. The Hall–Kier alpha value is -2.66. The zero-order valence-corrected chi connectivity index (χ0v) is 15.6. The van der Waals surface area contributed by atoms with E-state index in [1.807, 2.05) is 18.2 Å². The van der Waals surface area contributed by atoms with Crippen molar-refractivity contribution >= 4 is 10.8 Å². The van der Waals surface area contributed by atoms with Gasteiger partial charge in [0.2, 0.25) is 5.69 Å². The lowest BCUT2D eigenvalue weighted by atomic mass is 9.95. The fourth-order valence-corrected chi connectivity index (χ4v) is 3.56. The molecule has 0 radical (unpaired) electrons. The first-order valence-electron chi connectivity index (χ1n) is 8.14. The standard InChI is InChI=1S/C20H19NO4.ClH/c1-23-18-5-4-12-8-16-14-10-17(22)19(24-2)9-13(14)6-7-21(16)11-15(12)20(18)25-3;/h4-5,8-11H,6-7H2,1-3H3;1H. The van der Waals surface area contributed by atoms with Crippen LogP contribution >= 0.6 is 0 Å². The number of hydrogen-bond acceptors (Lipinski definition) is 4. The van der Waals surface area contributed by atoms with Gasteiger partial charge < -0.3 is 31.7 Å². The predicted molar refractivity (Wildman–Crippen MR) is 94.6 cm³/mol. The number of methoxy groups -OCH3 is 3. The van der Waals surface area contributed by atoms with Crippen molar-refractivity contribution in [2.75, 3.05) is 21.3 Å². The molecule has 6 heteroatoms. The number of rotatable bonds is 3. The SMILES string of the molecule is COc1cc2c(cc1O)-c1cc3ccc(OC)c(OC)c3c[n+]1CC2.[Cl-]. The van der Waals surface area contributed by atoms with Crippen LogP contribution in [0.5, 0.6) is 23.0 Å². The second kappa shape index (κ2) is 6.92. The molecule has 4 rings (SSSR count). The maximum atomic E-state index is 10.2. The minimum Gasteiger partial charge on any atom is -1.00 e. The van der Waals surface area contributed by atoms with Gasteiger partial charge in [0.1, 0.15) is 0 Å². The highest BCUT2D eigenvalue weighted by atomic mass is 35.5. The molecule has 1 aliphatic heterocycles. The van der Waals surface area contributed by atoms with E-state index in [1.54, 1.807) is 27.4 Å². The predicted octanol–water partition coefficient (Wildman–Crippen LogP) is 0.0858. The van der Waals surface area contributed by atoms with Gasteiger partial charge in [-0.05, 0) is 35.2 Å². The van der Waals surface area contributed by atoms with E-state index in [2.05, 4.69) is 16.8 Å². The van der Waals surface area contributed by atoms with Gasteiger partial charge in [-0.25, -0.2) is 0 Å². The first-order valence-corrected chi connectivity index (χ1v) is 8.14. The number of hydrogen-bond donors (Lipinski definition) is 1. The van der Waals surface area contributed by atoms with E-state index in [0.717, 1.165) is 40.7 Å². The van der Waals surface area contributed by atoms with Crippen LogP contribution in [0, 0.1) is 0 Å². The van der Waals surface area contributed by atoms with Crippen LogP contribution in [-0.2, 0) is 13.0 Å². The van der Waals surface area contributed by atoms with Gasteiger partial charge in [-0.2, -0.15) is 4.57 Å². The maximum Gasteiger partial charge on any atom is 0.213 e. The Bertz CT molecular complexity index is 987. The number of halogens is 1. The Labute approximate surface area is 158 Å². The number of ether oxygens (including phenoxy) is 3. The molecule has 2 aromatic carbocycles. The summed E-state index contributed by atoms with van der Waals surface area (Å²) in [6, 6.07) is 9.77. The number of phenolic OH excluding ortho intramolecular Hbond substituents is 1.